The highest BCUT2D eigenvalue weighted by atomic mass is 79.9. The summed E-state index contributed by atoms with van der Waals surface area (Å²) in [7, 11) is 0. The van der Waals surface area contributed by atoms with E-state index < -0.39 is 11.6 Å². The van der Waals surface area contributed by atoms with Crippen molar-refractivity contribution in [2.45, 2.75) is 6.42 Å². The lowest BCUT2D eigenvalue weighted by Gasteiger charge is -2.17. The Morgan fingerprint density at radius 2 is 2.12 bits per heavy atom. The van der Waals surface area contributed by atoms with Gasteiger partial charge in [-0.3, -0.25) is 4.79 Å². The summed E-state index contributed by atoms with van der Waals surface area (Å²) in [6.45, 7) is 0.389. The first-order chi connectivity index (χ1) is 8.02. The molecule has 2 rings (SSSR count). The molecule has 0 radical (unpaired) electrons. The van der Waals surface area contributed by atoms with Gasteiger partial charge in [0.2, 0.25) is 5.91 Å². The summed E-state index contributed by atoms with van der Waals surface area (Å²) in [5, 5.41) is 0. The third kappa shape index (κ3) is 2.47. The standard InChI is InChI=1S/C11H10BrF2NOS/c12-7-2-9(14)10(3-8(7)13)15-4-6(5-17)1-11(15)16/h2-3,6,17H,1,4-5H2. The third-order valence-electron chi connectivity index (χ3n) is 2.74. The lowest BCUT2D eigenvalue weighted by Crippen LogP contribution is -2.25. The lowest BCUT2D eigenvalue weighted by molar-refractivity contribution is -0.117. The van der Waals surface area contributed by atoms with Gasteiger partial charge in [-0.05, 0) is 33.7 Å². The predicted octanol–water partition coefficient (Wildman–Crippen LogP) is 3.01. The molecule has 0 bridgehead atoms. The van der Waals surface area contributed by atoms with Gasteiger partial charge >= 0.3 is 0 Å². The van der Waals surface area contributed by atoms with Crippen molar-refractivity contribution in [3.8, 4) is 0 Å². The molecule has 2 nitrogen and oxygen atoms in total. The maximum absolute atomic E-state index is 13.7. The smallest absolute Gasteiger partial charge is 0.227 e. The highest BCUT2D eigenvalue weighted by molar-refractivity contribution is 9.10. The number of carbonyl (C=O) groups is 1. The van der Waals surface area contributed by atoms with E-state index in [0.717, 1.165) is 12.1 Å². The molecule has 1 aromatic carbocycles. The molecule has 0 aliphatic carbocycles. The van der Waals surface area contributed by atoms with Gasteiger partial charge in [-0.25, -0.2) is 8.78 Å². The second kappa shape index (κ2) is 4.94. The maximum Gasteiger partial charge on any atom is 0.227 e. The van der Waals surface area contributed by atoms with Crippen molar-refractivity contribution in [2.24, 2.45) is 5.92 Å². The Morgan fingerprint density at radius 3 is 2.71 bits per heavy atom. The quantitative estimate of drug-likeness (QED) is 0.656. The first kappa shape index (κ1) is 12.8. The molecule has 1 heterocycles. The summed E-state index contributed by atoms with van der Waals surface area (Å²) < 4.78 is 27.1. The summed E-state index contributed by atoms with van der Waals surface area (Å²) in [5.41, 5.74) is -0.0000154. The molecule has 1 atom stereocenters. The molecule has 0 N–H and O–H groups in total. The van der Waals surface area contributed by atoms with Crippen LogP contribution in [0.5, 0.6) is 0 Å². The molecule has 17 heavy (non-hydrogen) atoms. The summed E-state index contributed by atoms with van der Waals surface area (Å²) >= 11 is 7.02. The topological polar surface area (TPSA) is 20.3 Å². The summed E-state index contributed by atoms with van der Waals surface area (Å²) in [4.78, 5) is 13.0. The van der Waals surface area contributed by atoms with Crippen LogP contribution in [0.4, 0.5) is 14.5 Å². The van der Waals surface area contributed by atoms with Crippen LogP contribution in [0.25, 0.3) is 0 Å². The van der Waals surface area contributed by atoms with E-state index in [2.05, 4.69) is 28.6 Å². The van der Waals surface area contributed by atoms with Crippen molar-refractivity contribution in [3.05, 3.63) is 28.2 Å². The minimum absolute atomic E-state index is 0.0000154. The van der Waals surface area contributed by atoms with Crippen molar-refractivity contribution >= 4 is 40.2 Å². The van der Waals surface area contributed by atoms with Gasteiger partial charge in [0, 0.05) is 19.0 Å². The average molecular weight is 322 g/mol. The Labute approximate surface area is 112 Å². The second-order valence-electron chi connectivity index (χ2n) is 3.97. The fourth-order valence-corrected chi connectivity index (χ4v) is 2.42. The van der Waals surface area contributed by atoms with Gasteiger partial charge in [0.1, 0.15) is 11.6 Å². The number of anilines is 1. The minimum Gasteiger partial charge on any atom is -0.309 e. The van der Waals surface area contributed by atoms with Crippen LogP contribution < -0.4 is 4.90 Å². The van der Waals surface area contributed by atoms with Crippen LogP contribution in [0.15, 0.2) is 16.6 Å². The molecule has 1 amide bonds. The number of thiol groups is 1. The van der Waals surface area contributed by atoms with Gasteiger partial charge in [0.15, 0.2) is 0 Å². The second-order valence-corrected chi connectivity index (χ2v) is 5.19. The van der Waals surface area contributed by atoms with Crippen molar-refractivity contribution in [3.63, 3.8) is 0 Å². The largest absolute Gasteiger partial charge is 0.309 e. The SMILES string of the molecule is O=C1CC(CS)CN1c1cc(F)c(Br)cc1F. The van der Waals surface area contributed by atoms with E-state index in [-0.39, 0.29) is 22.0 Å². The fraction of sp³-hybridized carbons (Fsp3) is 0.364. The van der Waals surface area contributed by atoms with E-state index in [1.165, 1.54) is 4.90 Å². The van der Waals surface area contributed by atoms with Crippen molar-refractivity contribution in [1.82, 2.24) is 0 Å². The molecule has 0 saturated carbocycles. The molecular weight excluding hydrogens is 312 g/mol. The van der Waals surface area contributed by atoms with E-state index in [9.17, 15) is 13.6 Å². The van der Waals surface area contributed by atoms with Crippen LogP contribution in [0.2, 0.25) is 0 Å². The average Bonchev–Trinajstić information content (AvgIpc) is 2.65. The van der Waals surface area contributed by atoms with E-state index in [1.54, 1.807) is 0 Å². The van der Waals surface area contributed by atoms with Crippen LogP contribution in [-0.2, 0) is 4.79 Å². The molecule has 1 aliphatic heterocycles. The molecule has 1 saturated heterocycles. The maximum atomic E-state index is 13.7. The molecular formula is C11H10BrF2NOS. The van der Waals surface area contributed by atoms with Gasteiger partial charge in [-0.15, -0.1) is 0 Å². The molecule has 0 spiro atoms. The van der Waals surface area contributed by atoms with E-state index >= 15 is 0 Å². The number of carbonyl (C=O) groups excluding carboxylic acids is 1. The molecule has 0 aromatic heterocycles. The highest BCUT2D eigenvalue weighted by Gasteiger charge is 2.31. The van der Waals surface area contributed by atoms with E-state index in [0.29, 0.717) is 18.7 Å². The Bertz CT molecular complexity index is 469. The molecule has 1 aromatic rings. The van der Waals surface area contributed by atoms with Crippen molar-refractivity contribution < 1.29 is 13.6 Å². The Hall–Kier alpha value is -0.620. The summed E-state index contributed by atoms with van der Waals surface area (Å²) in [6, 6.07) is 2.07. The monoisotopic (exact) mass is 321 g/mol. The van der Waals surface area contributed by atoms with E-state index in [1.807, 2.05) is 0 Å². The van der Waals surface area contributed by atoms with Gasteiger partial charge in [-0.2, -0.15) is 12.6 Å². The first-order valence-electron chi connectivity index (χ1n) is 5.08. The van der Waals surface area contributed by atoms with Crippen LogP contribution in [-0.4, -0.2) is 18.2 Å². The predicted molar refractivity (Wildman–Crippen MR) is 68.4 cm³/mol. The first-order valence-corrected chi connectivity index (χ1v) is 6.51. The van der Waals surface area contributed by atoms with Gasteiger partial charge < -0.3 is 4.90 Å². The van der Waals surface area contributed by atoms with Gasteiger partial charge in [0.25, 0.3) is 0 Å². The molecule has 1 fully saturated rings. The zero-order valence-corrected chi connectivity index (χ0v) is 11.3. The van der Waals surface area contributed by atoms with Crippen LogP contribution >= 0.6 is 28.6 Å². The Morgan fingerprint density at radius 1 is 1.41 bits per heavy atom. The van der Waals surface area contributed by atoms with Gasteiger partial charge in [-0.1, -0.05) is 0 Å². The number of hydrogen-bond donors (Lipinski definition) is 1. The van der Waals surface area contributed by atoms with Crippen molar-refractivity contribution in [1.29, 1.82) is 0 Å². The number of benzene rings is 1. The van der Waals surface area contributed by atoms with Gasteiger partial charge in [0.05, 0.1) is 10.2 Å². The molecule has 1 aliphatic rings. The Balaban J connectivity index is 2.35. The Kier molecular flexibility index (Phi) is 3.73. The highest BCUT2D eigenvalue weighted by Crippen LogP contribution is 2.31. The zero-order chi connectivity index (χ0) is 12.6. The number of halogens is 3. The summed E-state index contributed by atoms with van der Waals surface area (Å²) in [5.74, 6) is -0.723. The number of rotatable bonds is 2. The molecule has 6 heteroatoms. The van der Waals surface area contributed by atoms with Crippen LogP contribution in [0.3, 0.4) is 0 Å². The van der Waals surface area contributed by atoms with E-state index in [4.69, 9.17) is 0 Å². The van der Waals surface area contributed by atoms with Crippen LogP contribution in [0, 0.1) is 17.6 Å². The van der Waals surface area contributed by atoms with Crippen molar-refractivity contribution in [2.75, 3.05) is 17.2 Å². The molecule has 92 valence electrons. The third-order valence-corrected chi connectivity index (χ3v) is 3.87. The zero-order valence-electron chi connectivity index (χ0n) is 8.79. The fourth-order valence-electron chi connectivity index (χ4n) is 1.86. The number of hydrogen-bond acceptors (Lipinski definition) is 2. The minimum atomic E-state index is -0.605. The number of amides is 1. The summed E-state index contributed by atoms with van der Waals surface area (Å²) in [6.07, 6.45) is 0.334. The number of nitrogens with zero attached hydrogens (tertiary/aromatic N) is 1. The lowest BCUT2D eigenvalue weighted by atomic mass is 10.1. The van der Waals surface area contributed by atoms with Crippen LogP contribution in [0.1, 0.15) is 6.42 Å². The molecule has 1 unspecified atom stereocenters. The normalized spacial score (nSPS) is 20.1.